The summed E-state index contributed by atoms with van der Waals surface area (Å²) >= 11 is 0. The Morgan fingerprint density at radius 3 is 3.31 bits per heavy atom. The van der Waals surface area contributed by atoms with Crippen molar-refractivity contribution in [2.24, 2.45) is 5.16 Å². The molecule has 2 aliphatic rings. The van der Waals surface area contributed by atoms with E-state index in [9.17, 15) is 0 Å². The largest absolute Gasteiger partial charge is 0.371 e. The van der Waals surface area contributed by atoms with E-state index in [1.165, 1.54) is 0 Å². The summed E-state index contributed by atoms with van der Waals surface area (Å²) in [6, 6.07) is 3.92. The molecule has 0 aromatic carbocycles. The number of allylic oxidation sites excluding steroid dienone is 1. The molecule has 0 saturated heterocycles. The van der Waals surface area contributed by atoms with Crippen molar-refractivity contribution in [3.63, 3.8) is 0 Å². The zero-order valence-corrected chi connectivity index (χ0v) is 8.89. The second-order valence-electron chi connectivity index (χ2n) is 3.92. The van der Waals surface area contributed by atoms with Crippen LogP contribution in [0.1, 0.15) is 18.4 Å². The normalized spacial score (nSPS) is 23.9. The summed E-state index contributed by atoms with van der Waals surface area (Å²) in [5.41, 5.74) is 3.07. The van der Waals surface area contributed by atoms with Gasteiger partial charge in [-0.25, -0.2) is 0 Å². The summed E-state index contributed by atoms with van der Waals surface area (Å²) in [4.78, 5) is 9.49. The summed E-state index contributed by atoms with van der Waals surface area (Å²) < 4.78 is 0. The third-order valence-corrected chi connectivity index (χ3v) is 2.82. The Balaban J connectivity index is 1.95. The van der Waals surface area contributed by atoms with Gasteiger partial charge in [0, 0.05) is 23.5 Å². The topological polar surface area (TPSA) is 46.5 Å². The number of oxime groups is 1. The van der Waals surface area contributed by atoms with Crippen molar-refractivity contribution in [3.8, 4) is 0 Å². The van der Waals surface area contributed by atoms with Crippen molar-refractivity contribution in [1.29, 1.82) is 0 Å². The molecule has 1 atom stereocenters. The zero-order chi connectivity index (χ0) is 10.8. The number of rotatable bonds is 1. The Labute approximate surface area is 94.0 Å². The van der Waals surface area contributed by atoms with Gasteiger partial charge in [-0.05, 0) is 31.5 Å². The number of hydrogen-bond acceptors (Lipinski definition) is 4. The second kappa shape index (κ2) is 4.06. The van der Waals surface area contributed by atoms with Gasteiger partial charge >= 0.3 is 0 Å². The molecule has 0 saturated carbocycles. The highest BCUT2D eigenvalue weighted by Gasteiger charge is 2.28. The molecule has 0 spiro atoms. The SMILES string of the molecule is C1=C2C(c3cccnc3)=NO[C@H]2NCCC1. The maximum Gasteiger partial charge on any atom is 0.206 e. The molecular weight excluding hydrogens is 202 g/mol. The van der Waals surface area contributed by atoms with Crippen LogP contribution in [0.3, 0.4) is 0 Å². The summed E-state index contributed by atoms with van der Waals surface area (Å²) in [5, 5.41) is 7.46. The van der Waals surface area contributed by atoms with Crippen LogP contribution in [0.4, 0.5) is 0 Å². The molecule has 0 unspecified atom stereocenters. The van der Waals surface area contributed by atoms with Crippen LogP contribution < -0.4 is 5.32 Å². The van der Waals surface area contributed by atoms with E-state index in [1.54, 1.807) is 6.20 Å². The predicted molar refractivity (Wildman–Crippen MR) is 61.0 cm³/mol. The average molecular weight is 215 g/mol. The van der Waals surface area contributed by atoms with Gasteiger partial charge in [-0.2, -0.15) is 0 Å². The molecule has 3 rings (SSSR count). The van der Waals surface area contributed by atoms with E-state index in [1.807, 2.05) is 18.3 Å². The summed E-state index contributed by atoms with van der Waals surface area (Å²) in [7, 11) is 0. The molecular formula is C12H13N3O. The van der Waals surface area contributed by atoms with E-state index in [4.69, 9.17) is 4.84 Å². The first kappa shape index (κ1) is 9.54. The van der Waals surface area contributed by atoms with Crippen molar-refractivity contribution in [2.45, 2.75) is 19.1 Å². The summed E-state index contributed by atoms with van der Waals surface area (Å²) in [6.45, 7) is 0.973. The molecule has 0 aliphatic carbocycles. The Hall–Kier alpha value is -1.68. The maximum absolute atomic E-state index is 5.38. The highest BCUT2D eigenvalue weighted by molar-refractivity contribution is 6.13. The lowest BCUT2D eigenvalue weighted by atomic mass is 10.0. The molecule has 3 heterocycles. The van der Waals surface area contributed by atoms with Crippen molar-refractivity contribution in [2.75, 3.05) is 6.54 Å². The van der Waals surface area contributed by atoms with E-state index >= 15 is 0 Å². The van der Waals surface area contributed by atoms with Crippen LogP contribution in [0.25, 0.3) is 0 Å². The van der Waals surface area contributed by atoms with Gasteiger partial charge in [0.15, 0.2) is 0 Å². The molecule has 0 radical (unpaired) electrons. The van der Waals surface area contributed by atoms with Gasteiger partial charge in [0.1, 0.15) is 5.71 Å². The van der Waals surface area contributed by atoms with Crippen molar-refractivity contribution in [3.05, 3.63) is 41.7 Å². The van der Waals surface area contributed by atoms with E-state index < -0.39 is 0 Å². The van der Waals surface area contributed by atoms with Crippen LogP contribution in [-0.2, 0) is 4.84 Å². The van der Waals surface area contributed by atoms with Gasteiger partial charge in [0.05, 0.1) is 0 Å². The van der Waals surface area contributed by atoms with Crippen LogP contribution in [0.15, 0.2) is 41.3 Å². The van der Waals surface area contributed by atoms with Crippen LogP contribution in [0, 0.1) is 0 Å². The van der Waals surface area contributed by atoms with Gasteiger partial charge in [-0.3, -0.25) is 10.3 Å². The fourth-order valence-corrected chi connectivity index (χ4v) is 2.00. The molecule has 16 heavy (non-hydrogen) atoms. The monoisotopic (exact) mass is 215 g/mol. The van der Waals surface area contributed by atoms with Gasteiger partial charge in [-0.15, -0.1) is 0 Å². The molecule has 4 nitrogen and oxygen atoms in total. The minimum Gasteiger partial charge on any atom is -0.371 e. The first-order valence-electron chi connectivity index (χ1n) is 5.53. The fourth-order valence-electron chi connectivity index (χ4n) is 2.00. The number of aromatic nitrogens is 1. The molecule has 0 bridgehead atoms. The lowest BCUT2D eigenvalue weighted by Gasteiger charge is -2.09. The number of pyridine rings is 1. The first-order valence-corrected chi connectivity index (χ1v) is 5.53. The van der Waals surface area contributed by atoms with Gasteiger partial charge in [0.2, 0.25) is 6.23 Å². The minimum atomic E-state index is -0.0716. The maximum atomic E-state index is 5.38. The number of nitrogens with zero attached hydrogens (tertiary/aromatic N) is 2. The summed E-state index contributed by atoms with van der Waals surface area (Å²) in [6.07, 6.45) is 7.93. The molecule has 82 valence electrons. The fraction of sp³-hybridized carbons (Fsp3) is 0.333. The van der Waals surface area contributed by atoms with Crippen LogP contribution in [-0.4, -0.2) is 23.5 Å². The summed E-state index contributed by atoms with van der Waals surface area (Å²) in [5.74, 6) is 0. The van der Waals surface area contributed by atoms with Gasteiger partial charge in [0.25, 0.3) is 0 Å². The number of nitrogens with one attached hydrogen (secondary N) is 1. The Morgan fingerprint density at radius 1 is 1.44 bits per heavy atom. The van der Waals surface area contributed by atoms with E-state index in [2.05, 4.69) is 21.5 Å². The van der Waals surface area contributed by atoms with Crippen molar-refractivity contribution < 1.29 is 4.84 Å². The zero-order valence-electron chi connectivity index (χ0n) is 8.89. The lowest BCUT2D eigenvalue weighted by molar-refractivity contribution is 0.0808. The third kappa shape index (κ3) is 1.61. The molecule has 2 aliphatic heterocycles. The smallest absolute Gasteiger partial charge is 0.206 e. The standard InChI is InChI=1S/C12H13N3O/c1-2-7-14-12-10(5-1)11(15-16-12)9-4-3-6-13-8-9/h3-6,8,12,14H,1-2,7H2/t12-/m1/s1. The molecule has 1 aromatic heterocycles. The molecule has 1 N–H and O–H groups in total. The van der Waals surface area contributed by atoms with E-state index in [-0.39, 0.29) is 6.23 Å². The predicted octanol–water partition coefficient (Wildman–Crippen LogP) is 1.45. The highest BCUT2D eigenvalue weighted by atomic mass is 16.7. The molecule has 0 amide bonds. The van der Waals surface area contributed by atoms with Crippen molar-refractivity contribution >= 4 is 5.71 Å². The second-order valence-corrected chi connectivity index (χ2v) is 3.92. The first-order chi connectivity index (χ1) is 7.95. The average Bonchev–Trinajstić information content (AvgIpc) is 2.60. The number of hydrogen-bond donors (Lipinski definition) is 1. The van der Waals surface area contributed by atoms with Gasteiger partial charge < -0.3 is 4.84 Å². The van der Waals surface area contributed by atoms with E-state index in [0.29, 0.717) is 0 Å². The van der Waals surface area contributed by atoms with Crippen molar-refractivity contribution in [1.82, 2.24) is 10.3 Å². The Kier molecular flexibility index (Phi) is 2.42. The third-order valence-electron chi connectivity index (χ3n) is 2.82. The van der Waals surface area contributed by atoms with Gasteiger partial charge in [-0.1, -0.05) is 11.2 Å². The van der Waals surface area contributed by atoms with Crippen LogP contribution in [0.2, 0.25) is 0 Å². The Morgan fingerprint density at radius 2 is 2.44 bits per heavy atom. The quantitative estimate of drug-likeness (QED) is 0.771. The minimum absolute atomic E-state index is 0.0716. The highest BCUT2D eigenvalue weighted by Crippen LogP contribution is 2.23. The van der Waals surface area contributed by atoms with Crippen LogP contribution in [0.5, 0.6) is 0 Å². The lowest BCUT2D eigenvalue weighted by Crippen LogP contribution is -2.30. The Bertz CT molecular complexity index is 439. The number of fused-ring (bicyclic) bond motifs is 1. The molecule has 1 aromatic rings. The van der Waals surface area contributed by atoms with Crippen LogP contribution >= 0.6 is 0 Å². The molecule has 0 fully saturated rings. The van der Waals surface area contributed by atoms with E-state index in [0.717, 1.165) is 36.2 Å². The molecule has 4 heteroatoms.